The topological polar surface area (TPSA) is 76.1 Å². The van der Waals surface area contributed by atoms with Gasteiger partial charge in [0.15, 0.2) is 11.5 Å². The third-order valence-electron chi connectivity index (χ3n) is 7.61. The predicted molar refractivity (Wildman–Crippen MR) is 147 cm³/mol. The molecule has 5 rings (SSSR count). The summed E-state index contributed by atoms with van der Waals surface area (Å²) in [5, 5.41) is 11.5. The van der Waals surface area contributed by atoms with Gasteiger partial charge in [-0.1, -0.05) is 48.0 Å². The highest BCUT2D eigenvalue weighted by Crippen LogP contribution is 2.40. The van der Waals surface area contributed by atoms with Crippen LogP contribution in [0.25, 0.3) is 5.76 Å². The second-order valence-corrected chi connectivity index (χ2v) is 10.0. The minimum atomic E-state index is -0.675. The number of benzene rings is 3. The molecule has 0 bridgehead atoms. The Balaban J connectivity index is 1.54. The quantitative estimate of drug-likeness (QED) is 0.256. The second kappa shape index (κ2) is 10.7. The predicted octanol–water partition coefficient (Wildman–Crippen LogP) is 5.56. The monoisotopic (exact) mass is 511 g/mol. The zero-order valence-electron chi connectivity index (χ0n) is 22.1. The van der Waals surface area contributed by atoms with Crippen LogP contribution in [0.3, 0.4) is 0 Å². The summed E-state index contributed by atoms with van der Waals surface area (Å²) in [7, 11) is 3.17. The summed E-state index contributed by atoms with van der Waals surface area (Å²) in [5.74, 6) is -0.136. The fraction of sp³-hybridized carbons (Fsp3) is 0.312. The van der Waals surface area contributed by atoms with Gasteiger partial charge in [-0.2, -0.15) is 0 Å². The van der Waals surface area contributed by atoms with E-state index in [1.165, 1.54) is 11.1 Å². The maximum Gasteiger partial charge on any atom is 0.295 e. The molecule has 0 spiro atoms. The number of ether oxygens (including phenoxy) is 2. The van der Waals surface area contributed by atoms with E-state index in [0.29, 0.717) is 30.0 Å². The standard InChI is InChI=1S/C32H33NO5/c1-20-7-6-10-24(17-20)29-28(30(34)25-13-12-22-8-4-5-9-23(22)19-25)31(35)32(36)33(29)16-15-21-11-14-26(37-2)27(18-21)38-3/h6-7,10-14,17-19,29,34H,4-5,8-9,15-16H2,1-3H3/b30-28-. The molecule has 2 aliphatic rings. The Labute approximate surface area is 223 Å². The van der Waals surface area contributed by atoms with Gasteiger partial charge in [0.25, 0.3) is 11.7 Å². The number of amides is 1. The molecule has 6 heteroatoms. The first-order valence-corrected chi connectivity index (χ1v) is 13.1. The molecule has 3 aromatic carbocycles. The Morgan fingerprint density at radius 2 is 1.68 bits per heavy atom. The highest BCUT2D eigenvalue weighted by atomic mass is 16.5. The zero-order chi connectivity index (χ0) is 26.8. The van der Waals surface area contributed by atoms with Crippen molar-refractivity contribution in [2.45, 2.75) is 45.1 Å². The lowest BCUT2D eigenvalue weighted by molar-refractivity contribution is -0.139. The summed E-state index contributed by atoms with van der Waals surface area (Å²) in [5.41, 5.74) is 5.98. The number of carbonyl (C=O) groups excluding carboxylic acids is 2. The SMILES string of the molecule is COc1ccc(CCN2C(=O)C(=O)/C(=C(\O)c3ccc4c(c3)CCCC4)C2c2cccc(C)c2)cc1OC. The number of Topliss-reactive ketones (excluding diaryl/α,β-unsaturated/α-hetero) is 1. The number of hydrogen-bond donors (Lipinski definition) is 1. The van der Waals surface area contributed by atoms with Gasteiger partial charge >= 0.3 is 0 Å². The normalized spacial score (nSPS) is 18.4. The number of aliphatic hydroxyl groups excluding tert-OH is 1. The van der Waals surface area contributed by atoms with Gasteiger partial charge in [0.2, 0.25) is 0 Å². The minimum Gasteiger partial charge on any atom is -0.507 e. The van der Waals surface area contributed by atoms with Crippen LogP contribution in [0.5, 0.6) is 11.5 Å². The van der Waals surface area contributed by atoms with Gasteiger partial charge in [-0.15, -0.1) is 0 Å². The van der Waals surface area contributed by atoms with Gasteiger partial charge in [-0.05, 0) is 79.5 Å². The maximum atomic E-state index is 13.4. The summed E-state index contributed by atoms with van der Waals surface area (Å²) < 4.78 is 10.8. The van der Waals surface area contributed by atoms with E-state index in [4.69, 9.17) is 9.47 Å². The summed E-state index contributed by atoms with van der Waals surface area (Å²) >= 11 is 0. The van der Waals surface area contributed by atoms with Gasteiger partial charge in [0, 0.05) is 12.1 Å². The Hall–Kier alpha value is -4.06. The molecule has 1 atom stereocenters. The summed E-state index contributed by atoms with van der Waals surface area (Å²) in [4.78, 5) is 28.4. The molecule has 0 aromatic heterocycles. The summed E-state index contributed by atoms with van der Waals surface area (Å²) in [6.07, 6.45) is 4.77. The van der Waals surface area contributed by atoms with Gasteiger partial charge < -0.3 is 19.5 Å². The fourth-order valence-electron chi connectivity index (χ4n) is 5.62. The third-order valence-corrected chi connectivity index (χ3v) is 7.61. The molecule has 1 aliphatic heterocycles. The van der Waals surface area contributed by atoms with Gasteiger partial charge in [0.05, 0.1) is 25.8 Å². The van der Waals surface area contributed by atoms with Gasteiger partial charge in [0.1, 0.15) is 5.76 Å². The van der Waals surface area contributed by atoms with E-state index in [2.05, 4.69) is 0 Å². The van der Waals surface area contributed by atoms with Crippen LogP contribution in [-0.4, -0.2) is 42.5 Å². The first-order valence-electron chi connectivity index (χ1n) is 13.1. The number of aryl methyl sites for hydroxylation is 3. The van der Waals surface area contributed by atoms with E-state index < -0.39 is 17.7 Å². The zero-order valence-corrected chi connectivity index (χ0v) is 22.1. The number of rotatable bonds is 7. The molecule has 6 nitrogen and oxygen atoms in total. The lowest BCUT2D eigenvalue weighted by atomic mass is 9.88. The maximum absolute atomic E-state index is 13.4. The first kappa shape index (κ1) is 25.6. The number of hydrogen-bond acceptors (Lipinski definition) is 5. The lowest BCUT2D eigenvalue weighted by Crippen LogP contribution is -2.31. The first-order chi connectivity index (χ1) is 18.4. The Morgan fingerprint density at radius 1 is 0.921 bits per heavy atom. The molecule has 1 aliphatic carbocycles. The highest BCUT2D eigenvalue weighted by molar-refractivity contribution is 6.46. The molecule has 1 saturated heterocycles. The number of fused-ring (bicyclic) bond motifs is 1. The van der Waals surface area contributed by atoms with Gasteiger partial charge in [-0.25, -0.2) is 0 Å². The summed E-state index contributed by atoms with van der Waals surface area (Å²) in [6, 6.07) is 18.6. The van der Waals surface area contributed by atoms with Crippen LogP contribution in [0.4, 0.5) is 0 Å². The van der Waals surface area contributed by atoms with Crippen molar-refractivity contribution in [3.63, 3.8) is 0 Å². The number of ketones is 1. The van der Waals surface area contributed by atoms with Crippen LogP contribution in [0.1, 0.15) is 52.3 Å². The average molecular weight is 512 g/mol. The number of carbonyl (C=O) groups is 2. The van der Waals surface area contributed by atoms with Crippen LogP contribution in [0.2, 0.25) is 0 Å². The van der Waals surface area contributed by atoms with E-state index in [1.54, 1.807) is 19.1 Å². The second-order valence-electron chi connectivity index (χ2n) is 10.0. The van der Waals surface area contributed by atoms with Crippen LogP contribution >= 0.6 is 0 Å². The Bertz CT molecular complexity index is 1420. The minimum absolute atomic E-state index is 0.114. The largest absolute Gasteiger partial charge is 0.507 e. The van der Waals surface area contributed by atoms with Crippen molar-refractivity contribution in [3.05, 3.63) is 99.6 Å². The average Bonchev–Trinajstić information content (AvgIpc) is 3.20. The van der Waals surface area contributed by atoms with Crippen molar-refractivity contribution in [3.8, 4) is 11.5 Å². The van der Waals surface area contributed by atoms with Crippen LogP contribution < -0.4 is 9.47 Å². The molecule has 1 heterocycles. The van der Waals surface area contributed by atoms with E-state index in [-0.39, 0.29) is 11.3 Å². The summed E-state index contributed by atoms with van der Waals surface area (Å²) in [6.45, 7) is 2.28. The molecule has 38 heavy (non-hydrogen) atoms. The van der Waals surface area contributed by atoms with Crippen molar-refractivity contribution in [1.82, 2.24) is 4.90 Å². The number of aliphatic hydroxyl groups is 1. The molecule has 1 amide bonds. The number of likely N-dealkylation sites (tertiary alicyclic amines) is 1. The Morgan fingerprint density at radius 3 is 2.42 bits per heavy atom. The fourth-order valence-corrected chi connectivity index (χ4v) is 5.62. The number of methoxy groups -OCH3 is 2. The van der Waals surface area contributed by atoms with Crippen LogP contribution in [0, 0.1) is 6.92 Å². The molecule has 0 saturated carbocycles. The van der Waals surface area contributed by atoms with E-state index in [1.807, 2.05) is 67.6 Å². The molecular weight excluding hydrogens is 478 g/mol. The molecular formula is C32H33NO5. The van der Waals surface area contributed by atoms with E-state index >= 15 is 0 Å². The smallest absolute Gasteiger partial charge is 0.295 e. The molecule has 1 N–H and O–H groups in total. The third kappa shape index (κ3) is 4.78. The van der Waals surface area contributed by atoms with Crippen molar-refractivity contribution in [2.75, 3.05) is 20.8 Å². The van der Waals surface area contributed by atoms with Crippen molar-refractivity contribution < 1.29 is 24.2 Å². The van der Waals surface area contributed by atoms with Crippen molar-refractivity contribution in [2.24, 2.45) is 0 Å². The van der Waals surface area contributed by atoms with E-state index in [0.717, 1.165) is 42.4 Å². The lowest BCUT2D eigenvalue weighted by Gasteiger charge is -2.26. The number of nitrogens with zero attached hydrogens (tertiary/aromatic N) is 1. The molecule has 1 fully saturated rings. The van der Waals surface area contributed by atoms with Crippen LogP contribution in [-0.2, 0) is 28.9 Å². The highest BCUT2D eigenvalue weighted by Gasteiger charge is 2.46. The van der Waals surface area contributed by atoms with E-state index in [9.17, 15) is 14.7 Å². The Kier molecular flexibility index (Phi) is 7.23. The van der Waals surface area contributed by atoms with Crippen LogP contribution in [0.15, 0.2) is 66.2 Å². The molecule has 1 unspecified atom stereocenters. The molecule has 196 valence electrons. The molecule has 3 aromatic rings. The van der Waals surface area contributed by atoms with Crippen molar-refractivity contribution >= 4 is 17.4 Å². The molecule has 0 radical (unpaired) electrons. The van der Waals surface area contributed by atoms with Gasteiger partial charge in [-0.3, -0.25) is 9.59 Å². The van der Waals surface area contributed by atoms with Crippen molar-refractivity contribution in [1.29, 1.82) is 0 Å².